The number of hydrogen-bond donors (Lipinski definition) is 0. The van der Waals surface area contributed by atoms with Crippen molar-refractivity contribution in [3.8, 4) is 0 Å². The lowest BCUT2D eigenvalue weighted by Crippen LogP contribution is -2.44. The van der Waals surface area contributed by atoms with Crippen molar-refractivity contribution in [3.63, 3.8) is 0 Å². The summed E-state index contributed by atoms with van der Waals surface area (Å²) in [6.45, 7) is 2.14. The standard InChI is InChI=1S/C14H19ClFNO2S/c1-11-10-12(16)5-6-14(11)20(18,19)17-9-3-2-4-13(17)7-8-15/h5-6,10,13H,2-4,7-9H2,1H3. The van der Waals surface area contributed by atoms with Crippen molar-refractivity contribution in [3.05, 3.63) is 29.6 Å². The van der Waals surface area contributed by atoms with E-state index in [2.05, 4.69) is 0 Å². The Morgan fingerprint density at radius 3 is 2.80 bits per heavy atom. The Bertz CT molecular complexity index is 575. The first kappa shape index (κ1) is 15.7. The molecule has 2 rings (SSSR count). The molecule has 0 radical (unpaired) electrons. The second kappa shape index (κ2) is 6.41. The molecular formula is C14H19ClFNO2S. The summed E-state index contributed by atoms with van der Waals surface area (Å²) in [6, 6.07) is 3.76. The molecule has 1 atom stereocenters. The number of alkyl halides is 1. The van der Waals surface area contributed by atoms with E-state index in [1.54, 1.807) is 11.2 Å². The topological polar surface area (TPSA) is 37.4 Å². The van der Waals surface area contributed by atoms with Gasteiger partial charge in [0.1, 0.15) is 5.82 Å². The van der Waals surface area contributed by atoms with E-state index in [-0.39, 0.29) is 10.9 Å². The Balaban J connectivity index is 2.37. The predicted molar refractivity (Wildman–Crippen MR) is 78.0 cm³/mol. The first-order valence-electron chi connectivity index (χ1n) is 6.81. The summed E-state index contributed by atoms with van der Waals surface area (Å²) in [5, 5.41) is 0. The lowest BCUT2D eigenvalue weighted by Gasteiger charge is -2.34. The molecule has 0 N–H and O–H groups in total. The van der Waals surface area contributed by atoms with Crippen LogP contribution in [0.2, 0.25) is 0 Å². The summed E-state index contributed by atoms with van der Waals surface area (Å²) in [7, 11) is -3.57. The molecule has 0 spiro atoms. The van der Waals surface area contributed by atoms with Gasteiger partial charge in [0.15, 0.2) is 0 Å². The molecule has 0 amide bonds. The number of rotatable bonds is 4. The highest BCUT2D eigenvalue weighted by molar-refractivity contribution is 7.89. The summed E-state index contributed by atoms with van der Waals surface area (Å²) in [5.41, 5.74) is 0.445. The van der Waals surface area contributed by atoms with Crippen molar-refractivity contribution in [2.75, 3.05) is 12.4 Å². The van der Waals surface area contributed by atoms with Crippen molar-refractivity contribution < 1.29 is 12.8 Å². The van der Waals surface area contributed by atoms with Crippen LogP contribution in [-0.4, -0.2) is 31.2 Å². The fraction of sp³-hybridized carbons (Fsp3) is 0.571. The normalized spacial score (nSPS) is 21.1. The van der Waals surface area contributed by atoms with Gasteiger partial charge in [-0.05, 0) is 49.9 Å². The van der Waals surface area contributed by atoms with Gasteiger partial charge >= 0.3 is 0 Å². The smallest absolute Gasteiger partial charge is 0.207 e. The molecule has 1 heterocycles. The van der Waals surface area contributed by atoms with Gasteiger partial charge in [-0.25, -0.2) is 12.8 Å². The Labute approximate surface area is 124 Å². The first-order valence-corrected chi connectivity index (χ1v) is 8.78. The zero-order valence-corrected chi connectivity index (χ0v) is 13.1. The van der Waals surface area contributed by atoms with Gasteiger partial charge in [-0.1, -0.05) is 6.42 Å². The van der Waals surface area contributed by atoms with Gasteiger partial charge in [0.2, 0.25) is 10.0 Å². The fourth-order valence-corrected chi connectivity index (χ4v) is 4.92. The molecule has 1 fully saturated rings. The van der Waals surface area contributed by atoms with Gasteiger partial charge in [-0.15, -0.1) is 11.6 Å². The van der Waals surface area contributed by atoms with Gasteiger partial charge < -0.3 is 0 Å². The minimum Gasteiger partial charge on any atom is -0.207 e. The molecule has 3 nitrogen and oxygen atoms in total. The van der Waals surface area contributed by atoms with E-state index in [0.717, 1.165) is 19.3 Å². The molecule has 1 aliphatic heterocycles. The molecule has 1 saturated heterocycles. The van der Waals surface area contributed by atoms with Crippen LogP contribution in [0.4, 0.5) is 4.39 Å². The third kappa shape index (κ3) is 3.15. The molecule has 0 aromatic heterocycles. The number of hydrogen-bond acceptors (Lipinski definition) is 2. The van der Waals surface area contributed by atoms with Crippen LogP contribution in [0, 0.1) is 12.7 Å². The van der Waals surface area contributed by atoms with Crippen LogP contribution in [0.5, 0.6) is 0 Å². The molecule has 20 heavy (non-hydrogen) atoms. The quantitative estimate of drug-likeness (QED) is 0.798. The molecule has 0 saturated carbocycles. The fourth-order valence-electron chi connectivity index (χ4n) is 2.73. The third-order valence-corrected chi connectivity index (χ3v) is 6.07. The first-order chi connectivity index (χ1) is 9.46. The lowest BCUT2D eigenvalue weighted by atomic mass is 10.0. The second-order valence-corrected chi connectivity index (χ2v) is 7.39. The van der Waals surface area contributed by atoms with Crippen LogP contribution >= 0.6 is 11.6 Å². The Hall–Kier alpha value is -0.650. The maximum atomic E-state index is 13.1. The number of nitrogens with zero attached hydrogens (tertiary/aromatic N) is 1. The van der Waals surface area contributed by atoms with Crippen molar-refractivity contribution in [2.24, 2.45) is 0 Å². The molecule has 0 bridgehead atoms. The van der Waals surface area contributed by atoms with Crippen LogP contribution in [-0.2, 0) is 10.0 Å². The molecule has 112 valence electrons. The summed E-state index contributed by atoms with van der Waals surface area (Å²) < 4.78 is 40.2. The maximum absolute atomic E-state index is 13.1. The number of sulfonamides is 1. The molecular weight excluding hydrogens is 301 g/mol. The zero-order chi connectivity index (χ0) is 14.8. The summed E-state index contributed by atoms with van der Waals surface area (Å²) >= 11 is 5.78. The number of piperidine rings is 1. The van der Waals surface area contributed by atoms with Crippen molar-refractivity contribution in [1.82, 2.24) is 4.31 Å². The van der Waals surface area contributed by atoms with E-state index in [0.29, 0.717) is 24.4 Å². The third-order valence-electron chi connectivity index (χ3n) is 3.74. The largest absolute Gasteiger partial charge is 0.243 e. The maximum Gasteiger partial charge on any atom is 0.243 e. The van der Waals surface area contributed by atoms with Gasteiger partial charge in [-0.2, -0.15) is 4.31 Å². The van der Waals surface area contributed by atoms with Crippen molar-refractivity contribution >= 4 is 21.6 Å². The van der Waals surface area contributed by atoms with E-state index < -0.39 is 15.8 Å². The molecule has 0 aliphatic carbocycles. The second-order valence-electron chi connectivity index (χ2n) is 5.15. The van der Waals surface area contributed by atoms with Crippen LogP contribution in [0.15, 0.2) is 23.1 Å². The minimum absolute atomic E-state index is 0.0456. The monoisotopic (exact) mass is 319 g/mol. The van der Waals surface area contributed by atoms with Crippen LogP contribution < -0.4 is 0 Å². The van der Waals surface area contributed by atoms with Crippen LogP contribution in [0.1, 0.15) is 31.2 Å². The minimum atomic E-state index is -3.57. The van der Waals surface area contributed by atoms with Gasteiger partial charge in [-0.3, -0.25) is 0 Å². The highest BCUT2D eigenvalue weighted by Gasteiger charge is 2.33. The highest BCUT2D eigenvalue weighted by atomic mass is 35.5. The van der Waals surface area contributed by atoms with E-state index in [1.165, 1.54) is 18.2 Å². The van der Waals surface area contributed by atoms with E-state index in [1.807, 2.05) is 0 Å². The molecule has 1 aromatic carbocycles. The number of aryl methyl sites for hydroxylation is 1. The van der Waals surface area contributed by atoms with Gasteiger partial charge in [0.05, 0.1) is 4.90 Å². The SMILES string of the molecule is Cc1cc(F)ccc1S(=O)(=O)N1CCCCC1CCCl. The highest BCUT2D eigenvalue weighted by Crippen LogP contribution is 2.29. The molecule has 1 aliphatic rings. The zero-order valence-electron chi connectivity index (χ0n) is 11.5. The van der Waals surface area contributed by atoms with E-state index >= 15 is 0 Å². The van der Waals surface area contributed by atoms with Crippen LogP contribution in [0.3, 0.4) is 0 Å². The predicted octanol–water partition coefficient (Wildman–Crippen LogP) is 3.31. The Morgan fingerprint density at radius 1 is 1.40 bits per heavy atom. The Kier molecular flexibility index (Phi) is 5.04. The molecule has 6 heteroatoms. The Morgan fingerprint density at radius 2 is 2.15 bits per heavy atom. The summed E-state index contributed by atoms with van der Waals surface area (Å²) in [4.78, 5) is 0.195. The van der Waals surface area contributed by atoms with Crippen molar-refractivity contribution in [2.45, 2.75) is 43.5 Å². The van der Waals surface area contributed by atoms with Gasteiger partial charge in [0.25, 0.3) is 0 Å². The van der Waals surface area contributed by atoms with E-state index in [9.17, 15) is 12.8 Å². The number of benzene rings is 1. The molecule has 1 aromatic rings. The average molecular weight is 320 g/mol. The van der Waals surface area contributed by atoms with Crippen LogP contribution in [0.25, 0.3) is 0 Å². The molecule has 1 unspecified atom stereocenters. The lowest BCUT2D eigenvalue weighted by molar-refractivity contribution is 0.247. The average Bonchev–Trinajstić information content (AvgIpc) is 2.39. The van der Waals surface area contributed by atoms with Gasteiger partial charge in [0, 0.05) is 18.5 Å². The summed E-state index contributed by atoms with van der Waals surface area (Å²) in [5.74, 6) is 0.0245. The van der Waals surface area contributed by atoms with E-state index in [4.69, 9.17) is 11.6 Å². The van der Waals surface area contributed by atoms with Crippen molar-refractivity contribution in [1.29, 1.82) is 0 Å². The number of halogens is 2. The summed E-state index contributed by atoms with van der Waals surface area (Å²) in [6.07, 6.45) is 3.38.